The Bertz CT molecular complexity index is 1060. The molecule has 0 spiro atoms. The molecule has 0 aliphatic carbocycles. The molecule has 0 aliphatic heterocycles. The number of H-pyrrole nitrogens is 1. The van der Waals surface area contributed by atoms with Crippen LogP contribution in [0.25, 0.3) is 11.2 Å². The number of benzene rings is 2. The fourth-order valence-electron chi connectivity index (χ4n) is 2.88. The highest BCUT2D eigenvalue weighted by molar-refractivity contribution is 7.99. The number of ether oxygens (including phenoxy) is 1. The van der Waals surface area contributed by atoms with Crippen LogP contribution in [0.15, 0.2) is 66.1 Å². The third-order valence-corrected chi connectivity index (χ3v) is 5.17. The molecule has 0 amide bonds. The van der Waals surface area contributed by atoms with Gasteiger partial charge in [-0.2, -0.15) is 0 Å². The van der Waals surface area contributed by atoms with E-state index in [0.29, 0.717) is 19.0 Å². The summed E-state index contributed by atoms with van der Waals surface area (Å²) < 4.78 is 7.78. The first-order valence-electron chi connectivity index (χ1n) is 9.09. The molecule has 0 unspecified atom stereocenters. The molecular formula is C21H22N5OS+. The zero-order valence-electron chi connectivity index (χ0n) is 15.6. The van der Waals surface area contributed by atoms with Crippen molar-refractivity contribution in [3.8, 4) is 5.75 Å². The van der Waals surface area contributed by atoms with Gasteiger partial charge in [0.15, 0.2) is 5.52 Å². The molecule has 0 fully saturated rings. The van der Waals surface area contributed by atoms with E-state index in [1.807, 2.05) is 47.0 Å². The Morgan fingerprint density at radius 2 is 1.89 bits per heavy atom. The van der Waals surface area contributed by atoms with Crippen LogP contribution in [0, 0.1) is 6.92 Å². The van der Waals surface area contributed by atoms with Crippen molar-refractivity contribution < 1.29 is 9.30 Å². The van der Waals surface area contributed by atoms with Crippen LogP contribution in [-0.2, 0) is 6.54 Å². The molecule has 4 aromatic rings. The highest BCUT2D eigenvalue weighted by Gasteiger charge is 2.18. The number of anilines is 1. The first-order chi connectivity index (χ1) is 13.7. The summed E-state index contributed by atoms with van der Waals surface area (Å²) in [6, 6.07) is 18.3. The molecule has 2 heterocycles. The Morgan fingerprint density at radius 3 is 2.68 bits per heavy atom. The van der Waals surface area contributed by atoms with Crippen LogP contribution in [0.1, 0.15) is 11.1 Å². The van der Waals surface area contributed by atoms with Crippen LogP contribution in [0.5, 0.6) is 5.75 Å². The second kappa shape index (κ2) is 8.31. The predicted molar refractivity (Wildman–Crippen MR) is 111 cm³/mol. The van der Waals surface area contributed by atoms with Crippen LogP contribution >= 0.6 is 11.8 Å². The minimum absolute atomic E-state index is 0.453. The van der Waals surface area contributed by atoms with Gasteiger partial charge in [-0.1, -0.05) is 69.8 Å². The summed E-state index contributed by atoms with van der Waals surface area (Å²) in [5, 5.41) is 0.809. The fourth-order valence-corrected chi connectivity index (χ4v) is 3.56. The lowest BCUT2D eigenvalue weighted by atomic mass is 10.2. The number of aromatic nitrogens is 4. The van der Waals surface area contributed by atoms with Crippen molar-refractivity contribution in [1.29, 1.82) is 0 Å². The Kier molecular flexibility index (Phi) is 5.43. The molecule has 4 rings (SSSR count). The van der Waals surface area contributed by atoms with E-state index in [1.165, 1.54) is 11.1 Å². The fraction of sp³-hybridized carbons (Fsp3) is 0.190. The first-order valence-corrected chi connectivity index (χ1v) is 10.1. The molecule has 142 valence electrons. The van der Waals surface area contributed by atoms with Crippen molar-refractivity contribution in [2.75, 3.05) is 18.1 Å². The second-order valence-corrected chi connectivity index (χ2v) is 7.58. The number of aryl methyl sites for hydroxylation is 1. The Balaban J connectivity index is 1.44. The molecule has 0 saturated heterocycles. The average molecular weight is 393 g/mol. The largest absolute Gasteiger partial charge is 0.493 e. The molecule has 2 aromatic heterocycles. The molecule has 3 N–H and O–H groups in total. The summed E-state index contributed by atoms with van der Waals surface area (Å²) in [6.07, 6.45) is 1.74. The van der Waals surface area contributed by atoms with E-state index in [4.69, 9.17) is 15.5 Å². The van der Waals surface area contributed by atoms with E-state index in [9.17, 15) is 0 Å². The Hall–Kier alpha value is -3.06. The molecule has 7 heteroatoms. The minimum atomic E-state index is 0.453. The van der Waals surface area contributed by atoms with Gasteiger partial charge in [-0.25, -0.2) is 4.57 Å². The van der Waals surface area contributed by atoms with Crippen LogP contribution in [0.4, 0.5) is 5.82 Å². The van der Waals surface area contributed by atoms with Crippen molar-refractivity contribution in [3.63, 3.8) is 0 Å². The molecule has 0 bridgehead atoms. The maximum absolute atomic E-state index is 6.05. The molecule has 0 atom stereocenters. The van der Waals surface area contributed by atoms with Gasteiger partial charge in [-0.15, -0.1) is 0 Å². The van der Waals surface area contributed by atoms with E-state index in [1.54, 1.807) is 18.1 Å². The average Bonchev–Trinajstić information content (AvgIpc) is 3.15. The van der Waals surface area contributed by atoms with Crippen molar-refractivity contribution in [3.05, 3.63) is 72.1 Å². The van der Waals surface area contributed by atoms with Crippen LogP contribution in [0.3, 0.4) is 0 Å². The maximum atomic E-state index is 6.05. The number of hydrogen-bond acceptors (Lipinski definition) is 5. The molecule has 0 radical (unpaired) electrons. The highest BCUT2D eigenvalue weighted by atomic mass is 32.2. The molecule has 0 aliphatic rings. The number of imidazole rings is 1. The monoisotopic (exact) mass is 392 g/mol. The lowest BCUT2D eigenvalue weighted by Gasteiger charge is -2.04. The van der Waals surface area contributed by atoms with E-state index < -0.39 is 0 Å². The van der Waals surface area contributed by atoms with E-state index in [-0.39, 0.29) is 0 Å². The summed E-state index contributed by atoms with van der Waals surface area (Å²) in [7, 11) is 0. The van der Waals surface area contributed by atoms with Crippen LogP contribution in [0.2, 0.25) is 0 Å². The number of fused-ring (bicyclic) bond motifs is 1. The smallest absolute Gasteiger partial charge is 0.295 e. The summed E-state index contributed by atoms with van der Waals surface area (Å²) in [5.74, 6) is 2.11. The molecule has 28 heavy (non-hydrogen) atoms. The van der Waals surface area contributed by atoms with Gasteiger partial charge in [0, 0.05) is 5.75 Å². The zero-order valence-corrected chi connectivity index (χ0v) is 16.4. The molecule has 2 aromatic carbocycles. The minimum Gasteiger partial charge on any atom is -0.493 e. The topological polar surface area (TPSA) is 80.7 Å². The van der Waals surface area contributed by atoms with Gasteiger partial charge in [-0.3, -0.25) is 0 Å². The standard InChI is InChI=1S/C21H21N5OS/c1-15-7-9-17(10-8-15)27-11-12-28-21-24-18-19(22)23-14-26(20(18)25-21)13-16-5-3-2-4-6-16/h2-10,14H,11-13H2,1H3,(H2,22,24,25)/p+1. The SMILES string of the molecule is Cc1ccc(OCCSc2nc3c([nH]2)c(N)nc[n+]3Cc2ccccc2)cc1. The Labute approximate surface area is 167 Å². The number of nitrogens with two attached hydrogens (primary N) is 1. The van der Waals surface area contributed by atoms with E-state index in [0.717, 1.165) is 27.8 Å². The lowest BCUT2D eigenvalue weighted by Crippen LogP contribution is -2.36. The number of nitrogens with zero attached hydrogens (tertiary/aromatic N) is 3. The summed E-state index contributed by atoms with van der Waals surface area (Å²) in [5.41, 5.74) is 10.0. The van der Waals surface area contributed by atoms with Crippen molar-refractivity contribution in [2.24, 2.45) is 0 Å². The highest BCUT2D eigenvalue weighted by Crippen LogP contribution is 2.20. The summed E-state index contributed by atoms with van der Waals surface area (Å²) in [4.78, 5) is 12.3. The summed E-state index contributed by atoms with van der Waals surface area (Å²) >= 11 is 1.60. The van der Waals surface area contributed by atoms with Gasteiger partial charge in [0.1, 0.15) is 5.75 Å². The maximum Gasteiger partial charge on any atom is 0.295 e. The number of nitrogen functional groups attached to an aromatic ring is 1. The molecule has 0 saturated carbocycles. The van der Waals surface area contributed by atoms with Gasteiger partial charge >= 0.3 is 0 Å². The van der Waals surface area contributed by atoms with Crippen molar-refractivity contribution in [1.82, 2.24) is 15.0 Å². The number of hydrogen-bond donors (Lipinski definition) is 2. The second-order valence-electron chi connectivity index (χ2n) is 6.49. The van der Waals surface area contributed by atoms with Gasteiger partial charge in [-0.05, 0) is 24.6 Å². The zero-order chi connectivity index (χ0) is 19.3. The first kappa shape index (κ1) is 18.3. The molecular weight excluding hydrogens is 370 g/mol. The van der Waals surface area contributed by atoms with E-state index in [2.05, 4.69) is 29.0 Å². The van der Waals surface area contributed by atoms with Crippen LogP contribution in [-0.4, -0.2) is 27.3 Å². The van der Waals surface area contributed by atoms with Gasteiger partial charge in [0.25, 0.3) is 5.65 Å². The lowest BCUT2D eigenvalue weighted by molar-refractivity contribution is -0.667. The third kappa shape index (κ3) is 4.26. The summed E-state index contributed by atoms with van der Waals surface area (Å²) in [6.45, 7) is 3.35. The van der Waals surface area contributed by atoms with Gasteiger partial charge in [0.2, 0.25) is 17.3 Å². The van der Waals surface area contributed by atoms with Crippen molar-refractivity contribution in [2.45, 2.75) is 18.6 Å². The van der Waals surface area contributed by atoms with Crippen LogP contribution < -0.4 is 15.0 Å². The van der Waals surface area contributed by atoms with Crippen molar-refractivity contribution >= 4 is 28.7 Å². The number of rotatable bonds is 7. The molecule has 6 nitrogen and oxygen atoms in total. The third-order valence-electron chi connectivity index (χ3n) is 4.33. The number of thioether (sulfide) groups is 1. The van der Waals surface area contributed by atoms with E-state index >= 15 is 0 Å². The number of aromatic amines is 1. The predicted octanol–water partition coefficient (Wildman–Crippen LogP) is 3.36. The quantitative estimate of drug-likeness (QED) is 0.286. The normalized spacial score (nSPS) is 11.0. The Morgan fingerprint density at radius 1 is 1.11 bits per heavy atom. The van der Waals surface area contributed by atoms with Gasteiger partial charge in [0.05, 0.1) is 13.2 Å². The number of nitrogens with one attached hydrogen (secondary N) is 1. The van der Waals surface area contributed by atoms with Gasteiger partial charge < -0.3 is 15.5 Å².